The van der Waals surface area contributed by atoms with Crippen LogP contribution in [0.2, 0.25) is 0 Å². The second kappa shape index (κ2) is 3.19. The molecule has 58 valence electrons. The van der Waals surface area contributed by atoms with Crippen molar-refractivity contribution in [1.82, 2.24) is 15.3 Å². The Labute approximate surface area is 69.6 Å². The zero-order valence-electron chi connectivity index (χ0n) is 6.03. The molecular formula is C7H9N3S. The third-order valence-electron chi connectivity index (χ3n) is 1.59. The maximum absolute atomic E-state index is 4.17. The molecule has 1 atom stereocenters. The standard InChI is InChI=1S/C7H9N3S/c1-2-8-5-10-6(1)7-9-3-4-11-7/h1-2,5,7,9H,3-4H2. The van der Waals surface area contributed by atoms with Crippen molar-refractivity contribution in [2.24, 2.45) is 0 Å². The van der Waals surface area contributed by atoms with Crippen LogP contribution in [0.5, 0.6) is 0 Å². The van der Waals surface area contributed by atoms with Crippen LogP contribution >= 0.6 is 11.8 Å². The van der Waals surface area contributed by atoms with E-state index < -0.39 is 0 Å². The predicted octanol–water partition coefficient (Wildman–Crippen LogP) is 0.812. The Balaban J connectivity index is 2.16. The van der Waals surface area contributed by atoms with Crippen LogP contribution in [0.25, 0.3) is 0 Å². The number of hydrogen-bond acceptors (Lipinski definition) is 4. The average molecular weight is 167 g/mol. The molecule has 0 saturated carbocycles. The van der Waals surface area contributed by atoms with Gasteiger partial charge < -0.3 is 0 Å². The molecule has 0 bridgehead atoms. The first-order valence-electron chi connectivity index (χ1n) is 3.58. The lowest BCUT2D eigenvalue weighted by Gasteiger charge is -2.06. The van der Waals surface area contributed by atoms with E-state index in [1.54, 1.807) is 12.5 Å². The van der Waals surface area contributed by atoms with Crippen molar-refractivity contribution in [2.75, 3.05) is 12.3 Å². The van der Waals surface area contributed by atoms with Crippen LogP contribution in [0, 0.1) is 0 Å². The van der Waals surface area contributed by atoms with Gasteiger partial charge in [0.2, 0.25) is 0 Å². The molecule has 1 aromatic rings. The molecule has 2 rings (SSSR count). The molecule has 0 aliphatic carbocycles. The van der Waals surface area contributed by atoms with E-state index in [4.69, 9.17) is 0 Å². The van der Waals surface area contributed by atoms with Gasteiger partial charge in [0.05, 0.1) is 11.1 Å². The van der Waals surface area contributed by atoms with E-state index in [0.29, 0.717) is 5.37 Å². The summed E-state index contributed by atoms with van der Waals surface area (Å²) >= 11 is 1.89. The van der Waals surface area contributed by atoms with Crippen LogP contribution in [-0.4, -0.2) is 22.3 Å². The fourth-order valence-electron chi connectivity index (χ4n) is 1.07. The fourth-order valence-corrected chi connectivity index (χ4v) is 2.09. The number of thioether (sulfide) groups is 1. The maximum atomic E-state index is 4.17. The van der Waals surface area contributed by atoms with Gasteiger partial charge >= 0.3 is 0 Å². The summed E-state index contributed by atoms with van der Waals surface area (Å²) in [6.45, 7) is 1.08. The van der Waals surface area contributed by atoms with Gasteiger partial charge in [-0.2, -0.15) is 0 Å². The lowest BCUT2D eigenvalue weighted by atomic mass is 10.4. The molecule has 0 amide bonds. The van der Waals surface area contributed by atoms with Crippen molar-refractivity contribution in [2.45, 2.75) is 5.37 Å². The van der Waals surface area contributed by atoms with E-state index in [-0.39, 0.29) is 0 Å². The number of nitrogens with zero attached hydrogens (tertiary/aromatic N) is 2. The van der Waals surface area contributed by atoms with Gasteiger partial charge in [-0.05, 0) is 6.07 Å². The monoisotopic (exact) mass is 167 g/mol. The molecule has 1 aromatic heterocycles. The van der Waals surface area contributed by atoms with Crippen molar-refractivity contribution < 1.29 is 0 Å². The van der Waals surface area contributed by atoms with Crippen LogP contribution in [0.1, 0.15) is 11.1 Å². The molecule has 2 heterocycles. The second-order valence-electron chi connectivity index (χ2n) is 2.34. The van der Waals surface area contributed by atoms with Crippen molar-refractivity contribution in [3.63, 3.8) is 0 Å². The van der Waals surface area contributed by atoms with Gasteiger partial charge in [-0.25, -0.2) is 9.97 Å². The summed E-state index contributed by atoms with van der Waals surface area (Å²) in [7, 11) is 0. The highest BCUT2D eigenvalue weighted by atomic mass is 32.2. The summed E-state index contributed by atoms with van der Waals surface area (Å²) < 4.78 is 0. The Morgan fingerprint density at radius 1 is 1.64 bits per heavy atom. The normalized spacial score (nSPS) is 23.8. The zero-order chi connectivity index (χ0) is 7.52. The van der Waals surface area contributed by atoms with E-state index in [0.717, 1.165) is 12.2 Å². The van der Waals surface area contributed by atoms with Crippen molar-refractivity contribution in [3.8, 4) is 0 Å². The Kier molecular flexibility index (Phi) is 2.05. The topological polar surface area (TPSA) is 37.8 Å². The molecule has 1 aliphatic rings. The molecule has 3 nitrogen and oxygen atoms in total. The highest BCUT2D eigenvalue weighted by Gasteiger charge is 2.16. The van der Waals surface area contributed by atoms with Gasteiger partial charge in [0.15, 0.2) is 0 Å². The first kappa shape index (κ1) is 7.06. The SMILES string of the molecule is c1cc(C2NCCS2)ncn1. The number of rotatable bonds is 1. The summed E-state index contributed by atoms with van der Waals surface area (Å²) in [4.78, 5) is 8.03. The van der Waals surface area contributed by atoms with Gasteiger partial charge in [-0.3, -0.25) is 5.32 Å². The Morgan fingerprint density at radius 2 is 2.64 bits per heavy atom. The summed E-state index contributed by atoms with van der Waals surface area (Å²) in [5.74, 6) is 1.18. The van der Waals surface area contributed by atoms with Gasteiger partial charge in [-0.15, -0.1) is 11.8 Å². The van der Waals surface area contributed by atoms with Crippen LogP contribution in [0.3, 0.4) is 0 Å². The van der Waals surface area contributed by atoms with Crippen LogP contribution in [-0.2, 0) is 0 Å². The van der Waals surface area contributed by atoms with Crippen LogP contribution < -0.4 is 5.32 Å². The molecule has 4 heteroatoms. The maximum Gasteiger partial charge on any atom is 0.115 e. The third kappa shape index (κ3) is 1.52. The molecule has 1 N–H and O–H groups in total. The highest BCUT2D eigenvalue weighted by Crippen LogP contribution is 2.27. The summed E-state index contributed by atoms with van der Waals surface area (Å²) in [5, 5.41) is 3.73. The minimum Gasteiger partial charge on any atom is -0.300 e. The van der Waals surface area contributed by atoms with Gasteiger partial charge in [0.25, 0.3) is 0 Å². The molecule has 0 aromatic carbocycles. The van der Waals surface area contributed by atoms with E-state index in [1.807, 2.05) is 17.8 Å². The summed E-state index contributed by atoms with van der Waals surface area (Å²) in [6, 6.07) is 1.95. The predicted molar refractivity (Wildman–Crippen MR) is 45.2 cm³/mol. The molecular weight excluding hydrogens is 158 g/mol. The van der Waals surface area contributed by atoms with Crippen LogP contribution in [0.15, 0.2) is 18.6 Å². The number of hydrogen-bond donors (Lipinski definition) is 1. The van der Waals surface area contributed by atoms with Crippen molar-refractivity contribution >= 4 is 11.8 Å². The number of aromatic nitrogens is 2. The minimum absolute atomic E-state index is 0.387. The Hall–Kier alpha value is -0.610. The minimum atomic E-state index is 0.387. The molecule has 1 fully saturated rings. The van der Waals surface area contributed by atoms with Gasteiger partial charge in [0, 0.05) is 18.5 Å². The summed E-state index contributed by atoms with van der Waals surface area (Å²) in [5.41, 5.74) is 1.09. The molecule has 11 heavy (non-hydrogen) atoms. The van der Waals surface area contributed by atoms with E-state index in [2.05, 4.69) is 15.3 Å². The quantitative estimate of drug-likeness (QED) is 0.671. The molecule has 1 aliphatic heterocycles. The Morgan fingerprint density at radius 3 is 3.27 bits per heavy atom. The molecule has 0 radical (unpaired) electrons. The lowest BCUT2D eigenvalue weighted by Crippen LogP contribution is -2.13. The summed E-state index contributed by atoms with van der Waals surface area (Å²) in [6.07, 6.45) is 3.37. The Bertz CT molecular complexity index is 220. The van der Waals surface area contributed by atoms with E-state index in [1.165, 1.54) is 5.75 Å². The van der Waals surface area contributed by atoms with Crippen molar-refractivity contribution in [1.29, 1.82) is 0 Å². The number of nitrogens with one attached hydrogen (secondary N) is 1. The molecule has 1 saturated heterocycles. The van der Waals surface area contributed by atoms with E-state index in [9.17, 15) is 0 Å². The lowest BCUT2D eigenvalue weighted by molar-refractivity contribution is 0.729. The van der Waals surface area contributed by atoms with Crippen LogP contribution in [0.4, 0.5) is 0 Å². The second-order valence-corrected chi connectivity index (χ2v) is 3.55. The van der Waals surface area contributed by atoms with E-state index >= 15 is 0 Å². The first-order chi connectivity index (χ1) is 5.47. The molecule has 1 unspecified atom stereocenters. The fraction of sp³-hybridized carbons (Fsp3) is 0.429. The first-order valence-corrected chi connectivity index (χ1v) is 4.62. The highest BCUT2D eigenvalue weighted by molar-refractivity contribution is 7.99. The average Bonchev–Trinajstić information content (AvgIpc) is 2.58. The van der Waals surface area contributed by atoms with Crippen molar-refractivity contribution in [3.05, 3.63) is 24.3 Å². The third-order valence-corrected chi connectivity index (χ3v) is 2.77. The largest absolute Gasteiger partial charge is 0.300 e. The van der Waals surface area contributed by atoms with Gasteiger partial charge in [0.1, 0.15) is 6.33 Å². The van der Waals surface area contributed by atoms with Gasteiger partial charge in [-0.1, -0.05) is 0 Å². The molecule has 0 spiro atoms. The zero-order valence-corrected chi connectivity index (χ0v) is 6.84. The smallest absolute Gasteiger partial charge is 0.115 e.